The molecule has 0 bridgehead atoms. The molecule has 0 spiro atoms. The van der Waals surface area contributed by atoms with Crippen LogP contribution < -0.4 is 32.2 Å². The standard InChI is InChI=1S/C35H50N6O6/c1-34(2,3)46-24-16-14-22(15-17-24)19-26(36)31(43)40-28(13-9-10-18-38-33(45)47-35(4,5)6)32(44)41-29(30(37)42)20-23-21-39-27-12-8-7-11-25(23)27/h7-8,11-12,14-17,21,26,28-29,39H,9-10,13,18-20,36H2,1-6H3,(H2,37,42)(H,38,45)(H,40,43)(H,41,44)/t26-,28-,29-/m0/s1. The first kappa shape index (κ1) is 36.9. The number of hydrogen-bond donors (Lipinski definition) is 6. The molecule has 0 aliphatic carbocycles. The van der Waals surface area contributed by atoms with E-state index >= 15 is 0 Å². The monoisotopic (exact) mass is 650 g/mol. The second-order valence-electron chi connectivity index (χ2n) is 13.7. The second-order valence-corrected chi connectivity index (χ2v) is 13.7. The molecule has 12 nitrogen and oxygen atoms in total. The summed E-state index contributed by atoms with van der Waals surface area (Å²) in [6.45, 7) is 11.5. The molecule has 3 aromatic rings. The van der Waals surface area contributed by atoms with Crippen molar-refractivity contribution in [1.82, 2.24) is 20.9 Å². The van der Waals surface area contributed by atoms with Crippen molar-refractivity contribution >= 4 is 34.7 Å². The number of nitrogens with two attached hydrogens (primary N) is 2. The van der Waals surface area contributed by atoms with Gasteiger partial charge in [-0.05, 0) is 96.6 Å². The minimum atomic E-state index is -1.02. The molecular weight excluding hydrogens is 600 g/mol. The third kappa shape index (κ3) is 12.6. The van der Waals surface area contributed by atoms with Crippen molar-refractivity contribution in [3.05, 3.63) is 65.9 Å². The van der Waals surface area contributed by atoms with Crippen LogP contribution in [0.1, 0.15) is 71.9 Å². The Kier molecular flexibility index (Phi) is 12.8. The molecule has 8 N–H and O–H groups in total. The van der Waals surface area contributed by atoms with Crippen LogP contribution in [0, 0.1) is 0 Å². The lowest BCUT2D eigenvalue weighted by Gasteiger charge is -2.24. The maximum Gasteiger partial charge on any atom is 0.407 e. The Morgan fingerprint density at radius 1 is 0.830 bits per heavy atom. The third-order valence-corrected chi connectivity index (χ3v) is 7.12. The normalized spacial score (nSPS) is 13.7. The molecule has 3 rings (SSSR count). The quantitative estimate of drug-likeness (QED) is 0.135. The van der Waals surface area contributed by atoms with Gasteiger partial charge in [-0.25, -0.2) is 4.79 Å². The maximum atomic E-state index is 13.6. The van der Waals surface area contributed by atoms with Crippen LogP contribution >= 0.6 is 0 Å². The molecule has 3 atom stereocenters. The molecule has 1 heterocycles. The lowest BCUT2D eigenvalue weighted by Crippen LogP contribution is -2.56. The number of unbranched alkanes of at least 4 members (excludes halogenated alkanes) is 1. The molecule has 256 valence electrons. The highest BCUT2D eigenvalue weighted by Crippen LogP contribution is 2.20. The van der Waals surface area contributed by atoms with Crippen molar-refractivity contribution < 1.29 is 28.7 Å². The number of benzene rings is 2. The van der Waals surface area contributed by atoms with Crippen molar-refractivity contribution in [2.45, 2.75) is 103 Å². The Morgan fingerprint density at radius 2 is 1.49 bits per heavy atom. The van der Waals surface area contributed by atoms with Crippen molar-refractivity contribution in [2.75, 3.05) is 6.54 Å². The number of H-pyrrole nitrogens is 1. The molecule has 47 heavy (non-hydrogen) atoms. The van der Waals surface area contributed by atoms with Crippen molar-refractivity contribution in [3.8, 4) is 5.75 Å². The van der Waals surface area contributed by atoms with Gasteiger partial charge in [0, 0.05) is 30.1 Å². The number of alkyl carbamates (subject to hydrolysis) is 1. The Morgan fingerprint density at radius 3 is 2.13 bits per heavy atom. The first-order valence-electron chi connectivity index (χ1n) is 16.0. The molecule has 0 radical (unpaired) electrons. The summed E-state index contributed by atoms with van der Waals surface area (Å²) in [5.41, 5.74) is 13.6. The molecule has 0 fully saturated rings. The van der Waals surface area contributed by atoms with E-state index in [4.69, 9.17) is 20.9 Å². The molecule has 0 unspecified atom stereocenters. The molecule has 12 heteroatoms. The molecule has 0 aliphatic rings. The number of carbonyl (C=O) groups excluding carboxylic acids is 4. The number of nitrogens with one attached hydrogen (secondary N) is 4. The fourth-order valence-corrected chi connectivity index (χ4v) is 4.93. The van der Waals surface area contributed by atoms with Crippen LogP contribution in [-0.2, 0) is 32.0 Å². The summed E-state index contributed by atoms with van der Waals surface area (Å²) in [5, 5.41) is 9.11. The Balaban J connectivity index is 1.66. The highest BCUT2D eigenvalue weighted by Gasteiger charge is 2.28. The zero-order chi connectivity index (χ0) is 34.8. The lowest BCUT2D eigenvalue weighted by molar-refractivity contribution is -0.131. The third-order valence-electron chi connectivity index (χ3n) is 7.12. The summed E-state index contributed by atoms with van der Waals surface area (Å²) in [4.78, 5) is 54.4. The van der Waals surface area contributed by atoms with Crippen LogP contribution in [0.15, 0.2) is 54.7 Å². The molecule has 4 amide bonds. The van der Waals surface area contributed by atoms with E-state index in [0.717, 1.165) is 22.0 Å². The van der Waals surface area contributed by atoms with Crippen molar-refractivity contribution in [2.24, 2.45) is 11.5 Å². The van der Waals surface area contributed by atoms with Gasteiger partial charge in [0.1, 0.15) is 29.0 Å². The van der Waals surface area contributed by atoms with Crippen molar-refractivity contribution in [1.29, 1.82) is 0 Å². The van der Waals surface area contributed by atoms with Crippen molar-refractivity contribution in [3.63, 3.8) is 0 Å². The molecular formula is C35H50N6O6. The predicted molar refractivity (Wildman–Crippen MR) is 182 cm³/mol. The Labute approximate surface area is 276 Å². The summed E-state index contributed by atoms with van der Waals surface area (Å²) in [6.07, 6.45) is 2.87. The van der Waals surface area contributed by atoms with E-state index in [9.17, 15) is 19.2 Å². The minimum absolute atomic E-state index is 0.167. The van der Waals surface area contributed by atoms with Crippen LogP contribution in [0.3, 0.4) is 0 Å². The molecule has 0 saturated carbocycles. The van der Waals surface area contributed by atoms with E-state index < -0.39 is 47.5 Å². The molecule has 1 aromatic heterocycles. The van der Waals surface area contributed by atoms with Gasteiger partial charge < -0.3 is 41.9 Å². The van der Waals surface area contributed by atoms with E-state index in [1.165, 1.54) is 0 Å². The number of hydrogen-bond acceptors (Lipinski definition) is 7. The zero-order valence-corrected chi connectivity index (χ0v) is 28.3. The van der Waals surface area contributed by atoms with Crippen LogP contribution in [0.4, 0.5) is 4.79 Å². The number of primary amides is 1. The number of aromatic nitrogens is 1. The molecule has 0 saturated heterocycles. The van der Waals surface area contributed by atoms with Gasteiger partial charge in [0.2, 0.25) is 17.7 Å². The van der Waals surface area contributed by atoms with Gasteiger partial charge in [0.15, 0.2) is 0 Å². The average Bonchev–Trinajstić information content (AvgIpc) is 3.37. The first-order valence-corrected chi connectivity index (χ1v) is 16.0. The smallest absolute Gasteiger partial charge is 0.407 e. The summed E-state index contributed by atoms with van der Waals surface area (Å²) in [6, 6.07) is 12.0. The fourth-order valence-electron chi connectivity index (χ4n) is 4.93. The van der Waals surface area contributed by atoms with Crippen LogP contribution in [-0.4, -0.2) is 64.7 Å². The van der Waals surface area contributed by atoms with E-state index in [1.54, 1.807) is 27.0 Å². The fraction of sp³-hybridized carbons (Fsp3) is 0.486. The molecule has 0 aliphatic heterocycles. The number of para-hydroxylation sites is 1. The average molecular weight is 651 g/mol. The van der Waals surface area contributed by atoms with Crippen LogP contribution in [0.2, 0.25) is 0 Å². The van der Waals surface area contributed by atoms with Crippen LogP contribution in [0.5, 0.6) is 5.75 Å². The zero-order valence-electron chi connectivity index (χ0n) is 28.3. The number of rotatable bonds is 15. The number of ether oxygens (including phenoxy) is 2. The topological polar surface area (TPSA) is 191 Å². The van der Waals surface area contributed by atoms with Gasteiger partial charge in [-0.3, -0.25) is 14.4 Å². The predicted octanol–water partition coefficient (Wildman–Crippen LogP) is 3.61. The van der Waals surface area contributed by atoms with Gasteiger partial charge in [-0.15, -0.1) is 0 Å². The van der Waals surface area contributed by atoms with Gasteiger partial charge in [-0.2, -0.15) is 0 Å². The first-order chi connectivity index (χ1) is 22.0. The minimum Gasteiger partial charge on any atom is -0.488 e. The van der Waals surface area contributed by atoms with Gasteiger partial charge in [0.25, 0.3) is 0 Å². The lowest BCUT2D eigenvalue weighted by atomic mass is 10.0. The van der Waals surface area contributed by atoms with Gasteiger partial charge in [0.05, 0.1) is 6.04 Å². The summed E-state index contributed by atoms with van der Waals surface area (Å²) >= 11 is 0. The second kappa shape index (κ2) is 16.3. The number of carbonyl (C=O) groups is 4. The largest absolute Gasteiger partial charge is 0.488 e. The summed E-state index contributed by atoms with van der Waals surface area (Å²) < 4.78 is 11.1. The number of fused-ring (bicyclic) bond motifs is 1. The van der Waals surface area contributed by atoms with E-state index in [2.05, 4.69) is 20.9 Å². The summed E-state index contributed by atoms with van der Waals surface area (Å²) in [7, 11) is 0. The highest BCUT2D eigenvalue weighted by molar-refractivity contribution is 5.93. The van der Waals surface area contributed by atoms with E-state index in [-0.39, 0.29) is 24.9 Å². The van der Waals surface area contributed by atoms with E-state index in [0.29, 0.717) is 25.1 Å². The number of amides is 4. The molecule has 2 aromatic carbocycles. The maximum absolute atomic E-state index is 13.6. The highest BCUT2D eigenvalue weighted by atomic mass is 16.6. The SMILES string of the molecule is CC(C)(C)OC(=O)NCCCC[C@H](NC(=O)[C@@H](N)Cc1ccc(OC(C)(C)C)cc1)C(=O)N[C@@H](Cc1c[nH]c2ccccc12)C(N)=O. The van der Waals surface area contributed by atoms with Gasteiger partial charge in [-0.1, -0.05) is 30.3 Å². The van der Waals surface area contributed by atoms with Gasteiger partial charge >= 0.3 is 6.09 Å². The Bertz CT molecular complexity index is 1510. The Hall–Kier alpha value is -4.58. The van der Waals surface area contributed by atoms with E-state index in [1.807, 2.05) is 69.3 Å². The summed E-state index contributed by atoms with van der Waals surface area (Å²) in [5.74, 6) is -1.07. The van der Waals surface area contributed by atoms with Crippen LogP contribution in [0.25, 0.3) is 10.9 Å². The number of aromatic amines is 1.